The van der Waals surface area contributed by atoms with Crippen molar-refractivity contribution in [3.8, 4) is 11.7 Å². The van der Waals surface area contributed by atoms with Crippen molar-refractivity contribution in [1.82, 2.24) is 0 Å². The highest BCUT2D eigenvalue weighted by atomic mass is 16.3. The van der Waals surface area contributed by atoms with Crippen LogP contribution in [-0.2, 0) is 0 Å². The van der Waals surface area contributed by atoms with Gasteiger partial charge >= 0.3 is 0 Å². The Balaban J connectivity index is 3.72. The first-order valence-corrected chi connectivity index (χ1v) is 2.22. The molecule has 0 bridgehead atoms. The normalized spacial score (nSPS) is 9.29. The Bertz CT molecular complexity index is 104. The summed E-state index contributed by atoms with van der Waals surface area (Å²) in [6.45, 7) is 0. The summed E-state index contributed by atoms with van der Waals surface area (Å²) in [6.07, 6.45) is 0. The highest BCUT2D eigenvalue weighted by Crippen LogP contribution is 1.82. The summed E-state index contributed by atoms with van der Waals surface area (Å²) in [5, 5.41) is 8.03. The van der Waals surface area contributed by atoms with Crippen molar-refractivity contribution in [2.45, 2.75) is 5.40 Å². The van der Waals surface area contributed by atoms with E-state index in [-0.39, 0.29) is 0 Å². The van der Waals surface area contributed by atoms with Gasteiger partial charge in [-0.15, -0.1) is 5.92 Å². The van der Waals surface area contributed by atoms with Gasteiger partial charge in [-0.3, -0.25) is 0 Å². The molecule has 0 atom stereocenters. The maximum absolute atomic E-state index is 8.84. The molecule has 0 amide bonds. The minimum Gasteiger partial charge on any atom is -0.396 e. The van der Waals surface area contributed by atoms with Crippen molar-refractivity contribution in [1.29, 1.82) is 0 Å². The minimum atomic E-state index is -0.811. The molecule has 0 rings (SSSR count). The smallest absolute Gasteiger partial charge is 0.195 e. The monoisotopic (exact) mass is 92.1 g/mol. The molecule has 0 aromatic heterocycles. The van der Waals surface area contributed by atoms with Gasteiger partial charge in [0.25, 0.3) is 0 Å². The highest BCUT2D eigenvalue weighted by molar-refractivity contribution is 6.41. The van der Waals surface area contributed by atoms with Crippen LogP contribution in [0.15, 0.2) is 0 Å². The summed E-state index contributed by atoms with van der Waals surface area (Å²) in [5.41, 5.74) is 0. The van der Waals surface area contributed by atoms with Gasteiger partial charge in [0.05, 0.1) is 5.40 Å². The average molecular weight is 91.5 g/mol. The first-order chi connectivity index (χ1) is 3.06. The van der Waals surface area contributed by atoms with Crippen LogP contribution in [0.5, 0.6) is 0 Å². The van der Waals surface area contributed by atoms with E-state index in [1.807, 2.05) is 0 Å². The number of hydrogen-bond donors (Lipinski definition) is 1. The lowest BCUT2D eigenvalue weighted by Crippen LogP contribution is -2.26. The molecule has 0 aliphatic heterocycles. The van der Waals surface area contributed by atoms with Crippen molar-refractivity contribution in [2.24, 2.45) is 0 Å². The first-order valence-electron chi connectivity index (χ1n) is 2.22. The second-order valence-corrected chi connectivity index (χ2v) is 1.93. The molecule has 1 N–H and O–H groups in total. The van der Waals surface area contributed by atoms with E-state index in [1.54, 1.807) is 23.5 Å². The molecule has 0 spiro atoms. The van der Waals surface area contributed by atoms with Crippen LogP contribution in [-0.4, -0.2) is 34.0 Å². The molecule has 0 aliphatic carbocycles. The molecule has 0 unspecified atom stereocenters. The van der Waals surface area contributed by atoms with Crippen LogP contribution in [0.1, 0.15) is 0 Å². The Morgan fingerprint density at radius 3 is 1.86 bits per heavy atom. The Morgan fingerprint density at radius 2 is 1.86 bits per heavy atom. The van der Waals surface area contributed by atoms with E-state index in [4.69, 9.17) is 5.11 Å². The largest absolute Gasteiger partial charge is 0.396 e. The summed E-state index contributed by atoms with van der Waals surface area (Å²) < 4.78 is 0. The molecular formula is C3H7B3O. The third-order valence-corrected chi connectivity index (χ3v) is 0.431. The van der Waals surface area contributed by atoms with Gasteiger partial charge in [0, 0.05) is 0 Å². The summed E-state index contributed by atoms with van der Waals surface area (Å²) >= 11 is 0. The maximum Gasteiger partial charge on any atom is 0.195 e. The van der Waals surface area contributed by atoms with Gasteiger partial charge in [-0.1, -0.05) is 0 Å². The molecule has 0 aromatic rings. The lowest BCUT2D eigenvalue weighted by molar-refractivity contribution is 0.272. The van der Waals surface area contributed by atoms with Crippen LogP contribution < -0.4 is 0 Å². The zero-order chi connectivity index (χ0) is 5.91. The van der Waals surface area contributed by atoms with E-state index >= 15 is 0 Å². The van der Waals surface area contributed by atoms with Crippen LogP contribution in [0.25, 0.3) is 0 Å². The molecular weight excluding hydrogens is 84.5 g/mol. The van der Waals surface area contributed by atoms with Gasteiger partial charge in [0.15, 0.2) is 7.85 Å². The molecule has 0 saturated carbocycles. The van der Waals surface area contributed by atoms with Crippen LogP contribution in [0.3, 0.4) is 0 Å². The van der Waals surface area contributed by atoms with Crippen molar-refractivity contribution in [3.63, 3.8) is 0 Å². The van der Waals surface area contributed by atoms with Crippen molar-refractivity contribution >= 4 is 23.5 Å². The molecule has 1 nitrogen and oxygen atoms in total. The SMILES string of the molecule is BC#CC(B)(B)O. The summed E-state index contributed by atoms with van der Waals surface area (Å²) in [7, 11) is 5.02. The number of rotatable bonds is 0. The third kappa shape index (κ3) is 5.71. The fourth-order valence-corrected chi connectivity index (χ4v) is 0.306. The van der Waals surface area contributed by atoms with Gasteiger partial charge in [-0.2, -0.15) is 5.82 Å². The summed E-state index contributed by atoms with van der Waals surface area (Å²) in [5.74, 6) is 5.20. The van der Waals surface area contributed by atoms with Crippen molar-refractivity contribution in [3.05, 3.63) is 0 Å². The fraction of sp³-hybridized carbons (Fsp3) is 0.333. The van der Waals surface area contributed by atoms with Gasteiger partial charge in [-0.05, 0) is 0 Å². The Morgan fingerprint density at radius 1 is 1.43 bits per heavy atom. The zero-order valence-electron chi connectivity index (χ0n) is 4.95. The predicted molar refractivity (Wildman–Crippen MR) is 38.4 cm³/mol. The van der Waals surface area contributed by atoms with E-state index in [0.29, 0.717) is 0 Å². The minimum absolute atomic E-state index is 0.811. The topological polar surface area (TPSA) is 20.2 Å². The standard InChI is InChI=1S/C3H7B3O/c4-2-1-3(5,6)7/h7H,4-6H2. The second-order valence-electron chi connectivity index (χ2n) is 1.93. The molecule has 4 heteroatoms. The lowest BCUT2D eigenvalue weighted by Gasteiger charge is -2.04. The molecule has 0 saturated heterocycles. The van der Waals surface area contributed by atoms with E-state index < -0.39 is 5.40 Å². The number of aliphatic hydroxyl groups is 1. The van der Waals surface area contributed by atoms with Gasteiger partial charge in [0.1, 0.15) is 15.7 Å². The van der Waals surface area contributed by atoms with E-state index in [2.05, 4.69) is 11.7 Å². The molecule has 7 heavy (non-hydrogen) atoms. The van der Waals surface area contributed by atoms with Gasteiger partial charge in [0.2, 0.25) is 0 Å². The van der Waals surface area contributed by atoms with Gasteiger partial charge < -0.3 is 5.11 Å². The van der Waals surface area contributed by atoms with Crippen LogP contribution in [0, 0.1) is 11.7 Å². The van der Waals surface area contributed by atoms with Crippen LogP contribution in [0.4, 0.5) is 0 Å². The molecule has 0 aromatic carbocycles. The van der Waals surface area contributed by atoms with Crippen LogP contribution >= 0.6 is 0 Å². The second kappa shape index (κ2) is 2.13. The quantitative estimate of drug-likeness (QED) is 0.242. The van der Waals surface area contributed by atoms with Crippen molar-refractivity contribution < 1.29 is 5.11 Å². The van der Waals surface area contributed by atoms with E-state index in [0.717, 1.165) is 0 Å². The van der Waals surface area contributed by atoms with Crippen molar-refractivity contribution in [2.75, 3.05) is 0 Å². The maximum atomic E-state index is 8.84. The Kier molecular flexibility index (Phi) is 2.05. The Hall–Kier alpha value is -0.285. The fourth-order valence-electron chi connectivity index (χ4n) is 0.306. The Labute approximate surface area is 46.7 Å². The van der Waals surface area contributed by atoms with E-state index in [1.165, 1.54) is 0 Å². The van der Waals surface area contributed by atoms with Crippen LogP contribution in [0.2, 0.25) is 0 Å². The molecule has 0 fully saturated rings. The highest BCUT2D eigenvalue weighted by Gasteiger charge is 2.04. The summed E-state index contributed by atoms with van der Waals surface area (Å²) in [4.78, 5) is 0. The predicted octanol–water partition coefficient (Wildman–Crippen LogP) is -3.51. The van der Waals surface area contributed by atoms with E-state index in [9.17, 15) is 0 Å². The lowest BCUT2D eigenvalue weighted by atomic mass is 9.66. The molecule has 34 valence electrons. The summed E-state index contributed by atoms with van der Waals surface area (Å²) in [6, 6.07) is 0. The molecule has 0 aliphatic rings. The average Bonchev–Trinajstić information content (AvgIpc) is 1.30. The number of hydrogen-bond acceptors (Lipinski definition) is 1. The molecule has 0 radical (unpaired) electrons. The molecule has 0 heterocycles. The first kappa shape index (κ1) is 6.71. The van der Waals surface area contributed by atoms with Gasteiger partial charge in [-0.25, -0.2) is 0 Å². The third-order valence-electron chi connectivity index (χ3n) is 0.431. The zero-order valence-corrected chi connectivity index (χ0v) is 4.95.